The molecule has 0 spiro atoms. The van der Waals surface area contributed by atoms with Gasteiger partial charge in [0.1, 0.15) is 0 Å². The first kappa shape index (κ1) is 18.4. The molecule has 26 heavy (non-hydrogen) atoms. The van der Waals surface area contributed by atoms with Gasteiger partial charge < -0.3 is 15.3 Å². The predicted molar refractivity (Wildman–Crippen MR) is 102 cm³/mol. The topological polar surface area (TPSA) is 69.6 Å². The molecule has 0 atom stereocenters. The maximum Gasteiger partial charge on any atom is 0.251 e. The maximum atomic E-state index is 12.2. The highest BCUT2D eigenvalue weighted by molar-refractivity contribution is 6.30. The van der Waals surface area contributed by atoms with E-state index in [2.05, 4.69) is 5.32 Å². The minimum atomic E-state index is -0.212. The first-order valence-corrected chi connectivity index (χ1v) is 8.95. The van der Waals surface area contributed by atoms with E-state index in [1.807, 2.05) is 24.3 Å². The van der Waals surface area contributed by atoms with Crippen molar-refractivity contribution in [2.24, 2.45) is 0 Å². The van der Waals surface area contributed by atoms with Crippen LogP contribution in [0.25, 0.3) is 0 Å². The normalized spacial score (nSPS) is 13.3. The van der Waals surface area contributed by atoms with Crippen LogP contribution in [0.2, 0.25) is 5.02 Å². The zero-order chi connectivity index (χ0) is 18.7. The molecule has 2 amide bonds. The van der Waals surface area contributed by atoms with Crippen molar-refractivity contribution in [2.45, 2.75) is 26.3 Å². The van der Waals surface area contributed by atoms with E-state index in [0.29, 0.717) is 17.1 Å². The highest BCUT2D eigenvalue weighted by Gasteiger charge is 2.21. The molecule has 1 aliphatic rings. The molecule has 0 radical (unpaired) electrons. The van der Waals surface area contributed by atoms with Crippen LogP contribution in [0.4, 0.5) is 5.69 Å². The predicted octanol–water partition coefficient (Wildman–Crippen LogP) is 2.71. The van der Waals surface area contributed by atoms with Crippen LogP contribution in [0.1, 0.15) is 34.0 Å². The number of nitrogens with zero attached hydrogens (tertiary/aromatic N) is 1. The van der Waals surface area contributed by atoms with Crippen molar-refractivity contribution in [2.75, 3.05) is 18.1 Å². The second kappa shape index (κ2) is 7.89. The van der Waals surface area contributed by atoms with E-state index in [1.54, 1.807) is 24.0 Å². The number of amides is 2. The van der Waals surface area contributed by atoms with Crippen molar-refractivity contribution in [3.8, 4) is 0 Å². The zero-order valence-electron chi connectivity index (χ0n) is 14.6. The highest BCUT2D eigenvalue weighted by Crippen LogP contribution is 2.31. The fourth-order valence-corrected chi connectivity index (χ4v) is 3.44. The Morgan fingerprint density at radius 1 is 1.12 bits per heavy atom. The Morgan fingerprint density at radius 2 is 1.88 bits per heavy atom. The number of rotatable bonds is 3. The molecular formula is C20H21ClN2O3. The van der Waals surface area contributed by atoms with E-state index < -0.39 is 0 Å². The van der Waals surface area contributed by atoms with Gasteiger partial charge in [0.2, 0.25) is 5.91 Å². The Bertz CT molecular complexity index is 851. The van der Waals surface area contributed by atoms with Crippen LogP contribution in [0.15, 0.2) is 36.4 Å². The molecule has 0 fully saturated rings. The molecule has 0 saturated carbocycles. The second-order valence-electron chi connectivity index (χ2n) is 6.34. The molecule has 5 nitrogen and oxygen atoms in total. The number of fused-ring (bicyclic) bond motifs is 2. The molecule has 2 aromatic rings. The maximum absolute atomic E-state index is 12.2. The zero-order valence-corrected chi connectivity index (χ0v) is 15.3. The lowest BCUT2D eigenvalue weighted by Gasteiger charge is -2.28. The molecule has 2 N–H and O–H groups in total. The summed E-state index contributed by atoms with van der Waals surface area (Å²) in [5.74, 6) is -0.248. The summed E-state index contributed by atoms with van der Waals surface area (Å²) in [6, 6.07) is 11.1. The summed E-state index contributed by atoms with van der Waals surface area (Å²) < 4.78 is 0. The smallest absolute Gasteiger partial charge is 0.251 e. The summed E-state index contributed by atoms with van der Waals surface area (Å²) in [6.45, 7) is 2.13. The third-order valence-electron chi connectivity index (χ3n) is 4.57. The van der Waals surface area contributed by atoms with E-state index >= 15 is 0 Å². The molecule has 136 valence electrons. The van der Waals surface area contributed by atoms with E-state index in [-0.39, 0.29) is 25.0 Å². The van der Waals surface area contributed by atoms with Crippen LogP contribution in [-0.4, -0.2) is 30.1 Å². The Balaban J connectivity index is 1.96. The number of carbonyl (C=O) groups is 2. The Morgan fingerprint density at radius 3 is 2.62 bits per heavy atom. The fraction of sp³-hybridized carbons (Fsp3) is 0.300. The monoisotopic (exact) mass is 372 g/mol. The number of hydrogen-bond acceptors (Lipinski definition) is 3. The fourth-order valence-electron chi connectivity index (χ4n) is 3.25. The summed E-state index contributed by atoms with van der Waals surface area (Å²) >= 11 is 6.14. The van der Waals surface area contributed by atoms with Gasteiger partial charge >= 0.3 is 0 Å². The number of anilines is 1. The van der Waals surface area contributed by atoms with Gasteiger partial charge in [0, 0.05) is 29.7 Å². The van der Waals surface area contributed by atoms with Gasteiger partial charge in [-0.1, -0.05) is 17.7 Å². The van der Waals surface area contributed by atoms with Crippen LogP contribution in [0.3, 0.4) is 0 Å². The van der Waals surface area contributed by atoms with Gasteiger partial charge in [-0.25, -0.2) is 0 Å². The number of carbonyl (C=O) groups excluding carboxylic acids is 2. The number of aryl methyl sites for hydroxylation is 2. The van der Waals surface area contributed by atoms with Gasteiger partial charge in [-0.05, 0) is 59.9 Å². The first-order chi connectivity index (χ1) is 12.5. The molecule has 1 aliphatic heterocycles. The van der Waals surface area contributed by atoms with Gasteiger partial charge in [0.15, 0.2) is 0 Å². The van der Waals surface area contributed by atoms with Gasteiger partial charge in [-0.2, -0.15) is 0 Å². The minimum absolute atomic E-state index is 0.0359. The Kier molecular flexibility index (Phi) is 5.59. The summed E-state index contributed by atoms with van der Waals surface area (Å²) in [6.07, 6.45) is 1.49. The molecule has 0 aromatic heterocycles. The molecule has 0 bridgehead atoms. The standard InChI is InChI=1S/C20H21ClN2O3/c1-13(25)23-12-17-5-4-16(20(26)22-8-9-24)10-14(17)2-3-15-11-18(21)6-7-19(15)23/h4-7,10-11,24H,2-3,8-9,12H2,1H3,(H,22,26). The average Bonchev–Trinajstić information content (AvgIpc) is 2.61. The number of hydrogen-bond donors (Lipinski definition) is 2. The third-order valence-corrected chi connectivity index (χ3v) is 4.81. The van der Waals surface area contributed by atoms with Gasteiger partial charge in [0.25, 0.3) is 5.91 Å². The number of nitrogens with one attached hydrogen (secondary N) is 1. The van der Waals surface area contributed by atoms with Crippen LogP contribution in [-0.2, 0) is 24.2 Å². The average molecular weight is 373 g/mol. The van der Waals surface area contributed by atoms with Crippen molar-refractivity contribution in [1.29, 1.82) is 0 Å². The molecule has 0 aliphatic carbocycles. The quantitative estimate of drug-likeness (QED) is 0.870. The van der Waals surface area contributed by atoms with E-state index in [4.69, 9.17) is 16.7 Å². The molecule has 0 unspecified atom stereocenters. The van der Waals surface area contributed by atoms with E-state index in [9.17, 15) is 9.59 Å². The van der Waals surface area contributed by atoms with E-state index in [0.717, 1.165) is 35.2 Å². The highest BCUT2D eigenvalue weighted by atomic mass is 35.5. The number of aliphatic hydroxyl groups is 1. The lowest BCUT2D eigenvalue weighted by molar-refractivity contribution is -0.116. The number of benzene rings is 2. The van der Waals surface area contributed by atoms with Crippen molar-refractivity contribution in [3.05, 3.63) is 63.7 Å². The molecule has 3 rings (SSSR count). The van der Waals surface area contributed by atoms with Crippen LogP contribution in [0, 0.1) is 0 Å². The molecular weight excluding hydrogens is 352 g/mol. The minimum Gasteiger partial charge on any atom is -0.395 e. The largest absolute Gasteiger partial charge is 0.395 e. The Labute approximate surface area is 157 Å². The molecule has 1 heterocycles. The first-order valence-electron chi connectivity index (χ1n) is 8.57. The van der Waals surface area contributed by atoms with Crippen molar-refractivity contribution in [1.82, 2.24) is 5.32 Å². The summed E-state index contributed by atoms with van der Waals surface area (Å²) in [4.78, 5) is 26.1. The third kappa shape index (κ3) is 3.89. The van der Waals surface area contributed by atoms with Gasteiger partial charge in [0.05, 0.1) is 13.2 Å². The van der Waals surface area contributed by atoms with Crippen molar-refractivity contribution < 1.29 is 14.7 Å². The number of halogens is 1. The number of aliphatic hydroxyl groups excluding tert-OH is 1. The van der Waals surface area contributed by atoms with Crippen molar-refractivity contribution >= 4 is 29.1 Å². The molecule has 2 aromatic carbocycles. The Hall–Kier alpha value is -2.37. The van der Waals surface area contributed by atoms with Crippen molar-refractivity contribution in [3.63, 3.8) is 0 Å². The SMILES string of the molecule is CC(=O)N1Cc2ccc(C(=O)NCCO)cc2CCc2cc(Cl)ccc21. The van der Waals surface area contributed by atoms with Crippen LogP contribution in [0.5, 0.6) is 0 Å². The summed E-state index contributed by atoms with van der Waals surface area (Å²) in [5, 5.41) is 12.2. The van der Waals surface area contributed by atoms with Gasteiger partial charge in [-0.3, -0.25) is 9.59 Å². The lowest BCUT2D eigenvalue weighted by atomic mass is 9.93. The van der Waals surface area contributed by atoms with Crippen LogP contribution < -0.4 is 10.2 Å². The van der Waals surface area contributed by atoms with Gasteiger partial charge in [-0.15, -0.1) is 0 Å². The second-order valence-corrected chi connectivity index (χ2v) is 6.78. The molecule has 6 heteroatoms. The van der Waals surface area contributed by atoms with Crippen LogP contribution >= 0.6 is 11.6 Å². The van der Waals surface area contributed by atoms with E-state index in [1.165, 1.54) is 0 Å². The molecule has 0 saturated heterocycles. The lowest BCUT2D eigenvalue weighted by Crippen LogP contribution is -2.31. The summed E-state index contributed by atoms with van der Waals surface area (Å²) in [7, 11) is 0. The summed E-state index contributed by atoms with van der Waals surface area (Å²) in [5.41, 5.74) is 4.53.